The molecule has 7 nitrogen and oxygen atoms in total. The standard InChI is InChI=1S/C17H23N3O4/c1-18-17(24)14(21)11-7-2-3-8-12-15(22)19-20-16(23)13-9-5-4-6-10-13/h4-6,9-10H,2-3,7-8,11-12H2,1H3,(H,18,24)(H,19,22)(H,20,23). The summed E-state index contributed by atoms with van der Waals surface area (Å²) in [6.45, 7) is 0. The minimum atomic E-state index is -0.566. The van der Waals surface area contributed by atoms with Crippen LogP contribution in [0.3, 0.4) is 0 Å². The zero-order chi connectivity index (χ0) is 17.8. The van der Waals surface area contributed by atoms with Gasteiger partial charge in [0.1, 0.15) is 0 Å². The molecule has 3 N–H and O–H groups in total. The maximum atomic E-state index is 11.7. The maximum absolute atomic E-state index is 11.7. The molecule has 0 saturated heterocycles. The van der Waals surface area contributed by atoms with Crippen molar-refractivity contribution in [2.75, 3.05) is 7.05 Å². The highest BCUT2D eigenvalue weighted by Gasteiger charge is 2.10. The first-order valence-electron chi connectivity index (χ1n) is 7.93. The first-order chi connectivity index (χ1) is 11.5. The fraction of sp³-hybridized carbons (Fsp3) is 0.412. The Kier molecular flexibility index (Phi) is 8.81. The number of hydrazine groups is 1. The Bertz CT molecular complexity index is 572. The van der Waals surface area contributed by atoms with Crippen LogP contribution in [-0.2, 0) is 14.4 Å². The molecule has 130 valence electrons. The number of hydrogen-bond donors (Lipinski definition) is 3. The van der Waals surface area contributed by atoms with Crippen LogP contribution in [0.25, 0.3) is 0 Å². The summed E-state index contributed by atoms with van der Waals surface area (Å²) >= 11 is 0. The summed E-state index contributed by atoms with van der Waals surface area (Å²) in [6.07, 6.45) is 3.34. The molecule has 0 bridgehead atoms. The number of carbonyl (C=O) groups excluding carboxylic acids is 4. The first kappa shape index (κ1) is 19.3. The van der Waals surface area contributed by atoms with Gasteiger partial charge in [-0.05, 0) is 25.0 Å². The van der Waals surface area contributed by atoms with Crippen LogP contribution in [-0.4, -0.2) is 30.6 Å². The number of unbranched alkanes of at least 4 members (excludes halogenated alkanes) is 3. The predicted octanol–water partition coefficient (Wildman–Crippen LogP) is 1.10. The van der Waals surface area contributed by atoms with Gasteiger partial charge in [-0.2, -0.15) is 0 Å². The van der Waals surface area contributed by atoms with E-state index in [0.717, 1.165) is 12.8 Å². The van der Waals surface area contributed by atoms with E-state index in [1.165, 1.54) is 7.05 Å². The normalized spacial score (nSPS) is 9.88. The van der Waals surface area contributed by atoms with E-state index in [0.29, 0.717) is 24.8 Å². The topological polar surface area (TPSA) is 104 Å². The van der Waals surface area contributed by atoms with Gasteiger partial charge in [0.25, 0.3) is 11.8 Å². The molecule has 0 spiro atoms. The highest BCUT2D eigenvalue weighted by atomic mass is 16.2. The molecule has 0 aliphatic carbocycles. The van der Waals surface area contributed by atoms with Crippen molar-refractivity contribution in [3.63, 3.8) is 0 Å². The van der Waals surface area contributed by atoms with Crippen molar-refractivity contribution in [3.05, 3.63) is 35.9 Å². The number of rotatable bonds is 9. The van der Waals surface area contributed by atoms with E-state index in [9.17, 15) is 19.2 Å². The van der Waals surface area contributed by atoms with Crippen LogP contribution in [0.1, 0.15) is 48.9 Å². The van der Waals surface area contributed by atoms with Gasteiger partial charge >= 0.3 is 0 Å². The highest BCUT2D eigenvalue weighted by Crippen LogP contribution is 2.06. The first-order valence-corrected chi connectivity index (χ1v) is 7.93. The van der Waals surface area contributed by atoms with E-state index in [2.05, 4.69) is 16.2 Å². The summed E-state index contributed by atoms with van der Waals surface area (Å²) < 4.78 is 0. The van der Waals surface area contributed by atoms with E-state index in [4.69, 9.17) is 0 Å². The summed E-state index contributed by atoms with van der Waals surface area (Å²) in [5.41, 5.74) is 5.20. The molecule has 24 heavy (non-hydrogen) atoms. The van der Waals surface area contributed by atoms with Crippen LogP contribution in [0.5, 0.6) is 0 Å². The second kappa shape index (κ2) is 10.9. The number of Topliss-reactive ketones (excluding diaryl/α,β-unsaturated/α-hetero) is 1. The van der Waals surface area contributed by atoms with E-state index in [-0.39, 0.29) is 18.2 Å². The van der Waals surface area contributed by atoms with Crippen molar-refractivity contribution in [1.82, 2.24) is 16.2 Å². The van der Waals surface area contributed by atoms with Crippen molar-refractivity contribution in [3.8, 4) is 0 Å². The average Bonchev–Trinajstić information content (AvgIpc) is 2.62. The molecular weight excluding hydrogens is 310 g/mol. The lowest BCUT2D eigenvalue weighted by atomic mass is 10.1. The smallest absolute Gasteiger partial charge is 0.287 e. The minimum Gasteiger partial charge on any atom is -0.353 e. The zero-order valence-electron chi connectivity index (χ0n) is 13.8. The molecule has 1 rings (SSSR count). The quantitative estimate of drug-likeness (QED) is 0.357. The maximum Gasteiger partial charge on any atom is 0.287 e. The Hall–Kier alpha value is -2.70. The minimum absolute atomic E-state index is 0.221. The van der Waals surface area contributed by atoms with Gasteiger partial charge in [0.2, 0.25) is 11.7 Å². The third-order valence-corrected chi connectivity index (χ3v) is 3.39. The summed E-state index contributed by atoms with van der Waals surface area (Å²) in [7, 11) is 1.43. The molecule has 0 unspecified atom stereocenters. The fourth-order valence-electron chi connectivity index (χ4n) is 2.03. The third kappa shape index (κ3) is 7.53. The van der Waals surface area contributed by atoms with E-state index < -0.39 is 11.7 Å². The lowest BCUT2D eigenvalue weighted by molar-refractivity contribution is -0.137. The van der Waals surface area contributed by atoms with E-state index in [1.54, 1.807) is 30.3 Å². The molecule has 1 aromatic carbocycles. The summed E-state index contributed by atoms with van der Waals surface area (Å²) in [5, 5.41) is 2.29. The van der Waals surface area contributed by atoms with Gasteiger partial charge in [0.15, 0.2) is 0 Å². The third-order valence-electron chi connectivity index (χ3n) is 3.39. The fourth-order valence-corrected chi connectivity index (χ4v) is 2.03. The Balaban J connectivity index is 2.07. The van der Waals surface area contributed by atoms with Gasteiger partial charge in [-0.3, -0.25) is 30.0 Å². The molecule has 3 amide bonds. The molecule has 0 aliphatic rings. The second-order valence-electron chi connectivity index (χ2n) is 5.28. The number of likely N-dealkylation sites (N-methyl/N-ethyl adjacent to an activating group) is 1. The highest BCUT2D eigenvalue weighted by molar-refractivity contribution is 6.36. The zero-order valence-corrected chi connectivity index (χ0v) is 13.8. The van der Waals surface area contributed by atoms with Gasteiger partial charge in [0.05, 0.1) is 0 Å². The number of amides is 3. The molecule has 1 aromatic rings. The molecule has 0 aromatic heterocycles. The van der Waals surface area contributed by atoms with Gasteiger partial charge in [-0.15, -0.1) is 0 Å². The lowest BCUT2D eigenvalue weighted by Crippen LogP contribution is -2.41. The van der Waals surface area contributed by atoms with Crippen LogP contribution in [0.15, 0.2) is 30.3 Å². The number of benzene rings is 1. The number of ketones is 1. The van der Waals surface area contributed by atoms with Gasteiger partial charge in [0, 0.05) is 25.5 Å². The van der Waals surface area contributed by atoms with Crippen molar-refractivity contribution in [1.29, 1.82) is 0 Å². The summed E-state index contributed by atoms with van der Waals surface area (Å²) in [6, 6.07) is 8.60. The van der Waals surface area contributed by atoms with Gasteiger partial charge in [-0.1, -0.05) is 31.0 Å². The Morgan fingerprint density at radius 3 is 2.08 bits per heavy atom. The Morgan fingerprint density at radius 2 is 1.46 bits per heavy atom. The van der Waals surface area contributed by atoms with E-state index in [1.807, 2.05) is 0 Å². The van der Waals surface area contributed by atoms with Crippen LogP contribution < -0.4 is 16.2 Å². The van der Waals surface area contributed by atoms with Crippen molar-refractivity contribution in [2.24, 2.45) is 0 Å². The van der Waals surface area contributed by atoms with Crippen molar-refractivity contribution in [2.45, 2.75) is 38.5 Å². The van der Waals surface area contributed by atoms with Crippen LogP contribution in [0.4, 0.5) is 0 Å². The number of nitrogens with one attached hydrogen (secondary N) is 3. The molecule has 0 radical (unpaired) electrons. The van der Waals surface area contributed by atoms with Gasteiger partial charge < -0.3 is 5.32 Å². The molecule has 0 saturated carbocycles. The predicted molar refractivity (Wildman–Crippen MR) is 88.8 cm³/mol. The summed E-state index contributed by atoms with van der Waals surface area (Å²) in [4.78, 5) is 45.6. The van der Waals surface area contributed by atoms with Crippen LogP contribution in [0, 0.1) is 0 Å². The largest absolute Gasteiger partial charge is 0.353 e. The molecule has 0 aliphatic heterocycles. The lowest BCUT2D eigenvalue weighted by Gasteiger charge is -2.07. The summed E-state index contributed by atoms with van der Waals surface area (Å²) in [5.74, 6) is -1.61. The van der Waals surface area contributed by atoms with Crippen LogP contribution >= 0.6 is 0 Å². The van der Waals surface area contributed by atoms with Crippen molar-refractivity contribution < 1.29 is 19.2 Å². The van der Waals surface area contributed by atoms with Crippen molar-refractivity contribution >= 4 is 23.5 Å². The molecule has 0 fully saturated rings. The van der Waals surface area contributed by atoms with E-state index >= 15 is 0 Å². The number of carbonyl (C=O) groups is 4. The SMILES string of the molecule is CNC(=O)C(=O)CCCCCCC(=O)NNC(=O)c1ccccc1. The monoisotopic (exact) mass is 333 g/mol. The van der Waals surface area contributed by atoms with Gasteiger partial charge in [-0.25, -0.2) is 0 Å². The average molecular weight is 333 g/mol. The molecule has 0 heterocycles. The Morgan fingerprint density at radius 1 is 0.833 bits per heavy atom. The Labute approximate surface area is 141 Å². The molecule has 7 heteroatoms. The molecular formula is C17H23N3O4. The molecule has 0 atom stereocenters. The number of hydrogen-bond acceptors (Lipinski definition) is 4. The van der Waals surface area contributed by atoms with Crippen LogP contribution in [0.2, 0.25) is 0 Å². The second-order valence-corrected chi connectivity index (χ2v) is 5.28.